The number of likely N-dealkylation sites (N-methyl/N-ethyl adjacent to an activating group) is 1. The van der Waals surface area contributed by atoms with Crippen LogP contribution in [0.4, 0.5) is 13.2 Å². The molecule has 1 heterocycles. The normalized spacial score (nSPS) is 20.7. The van der Waals surface area contributed by atoms with Crippen molar-refractivity contribution < 1.29 is 13.2 Å². The molecule has 1 rings (SSSR count). The van der Waals surface area contributed by atoms with E-state index in [9.17, 15) is 13.2 Å². The van der Waals surface area contributed by atoms with Gasteiger partial charge in [0.05, 0.1) is 0 Å². The van der Waals surface area contributed by atoms with Crippen molar-refractivity contribution in [2.75, 3.05) is 19.6 Å². The second kappa shape index (κ2) is 7.64. The number of halogens is 3. The largest absolute Gasteiger partial charge is 0.389 e. The highest BCUT2D eigenvalue weighted by Gasteiger charge is 2.37. The van der Waals surface area contributed by atoms with Gasteiger partial charge in [-0.1, -0.05) is 19.8 Å². The molecule has 0 bridgehead atoms. The van der Waals surface area contributed by atoms with Crippen LogP contribution in [0, 0.1) is 0 Å². The zero-order chi connectivity index (χ0) is 15.2. The summed E-state index contributed by atoms with van der Waals surface area (Å²) >= 11 is 0. The summed E-state index contributed by atoms with van der Waals surface area (Å²) in [6.45, 7) is 8.84. The second-order valence-electron chi connectivity index (χ2n) is 6.32. The summed E-state index contributed by atoms with van der Waals surface area (Å²) in [5.41, 5.74) is -0.231. The zero-order valence-electron chi connectivity index (χ0n) is 13.0. The summed E-state index contributed by atoms with van der Waals surface area (Å²) in [6, 6.07) is -0.118. The fourth-order valence-corrected chi connectivity index (χ4v) is 3.13. The summed E-state index contributed by atoms with van der Waals surface area (Å²) < 4.78 is 37.5. The molecule has 1 aliphatic rings. The lowest BCUT2D eigenvalue weighted by atomic mass is 9.88. The van der Waals surface area contributed by atoms with Crippen LogP contribution < -0.4 is 5.32 Å². The van der Waals surface area contributed by atoms with Crippen LogP contribution >= 0.6 is 0 Å². The number of likely N-dealkylation sites (tertiary alicyclic amines) is 1. The van der Waals surface area contributed by atoms with Gasteiger partial charge in [-0.2, -0.15) is 13.2 Å². The minimum atomic E-state index is -4.07. The quantitative estimate of drug-likeness (QED) is 0.797. The first-order chi connectivity index (χ1) is 9.27. The Bertz CT molecular complexity index is 269. The van der Waals surface area contributed by atoms with Gasteiger partial charge in [0.15, 0.2) is 0 Å². The monoisotopic (exact) mass is 294 g/mol. The number of nitrogens with zero attached hydrogens (tertiary/aromatic N) is 1. The van der Waals surface area contributed by atoms with Crippen molar-refractivity contribution >= 4 is 0 Å². The van der Waals surface area contributed by atoms with Crippen molar-refractivity contribution in [3.63, 3.8) is 0 Å². The van der Waals surface area contributed by atoms with E-state index in [1.807, 2.05) is 6.92 Å². The molecule has 0 aromatic heterocycles. The summed E-state index contributed by atoms with van der Waals surface area (Å²) in [6.07, 6.45) is 0.163. The number of hydrogen-bond acceptors (Lipinski definition) is 2. The predicted octanol–water partition coefficient (Wildman–Crippen LogP) is 3.96. The lowest BCUT2D eigenvalue weighted by molar-refractivity contribution is -0.138. The summed E-state index contributed by atoms with van der Waals surface area (Å²) in [5, 5.41) is 3.27. The Hall–Kier alpha value is -0.290. The lowest BCUT2D eigenvalue weighted by Crippen LogP contribution is -2.58. The van der Waals surface area contributed by atoms with Crippen LogP contribution in [-0.2, 0) is 0 Å². The number of nitrogens with one attached hydrogen (secondary N) is 1. The minimum absolute atomic E-state index is 0.118. The molecule has 1 aliphatic heterocycles. The molecule has 2 nitrogen and oxygen atoms in total. The molecule has 0 aromatic rings. The molecule has 1 N–H and O–H groups in total. The van der Waals surface area contributed by atoms with E-state index in [2.05, 4.69) is 24.1 Å². The fraction of sp³-hybridized carbons (Fsp3) is 1.00. The SMILES string of the molecule is CCNC(CCC(F)(F)F)C(C)(C)N1CCCCCC1. The van der Waals surface area contributed by atoms with Crippen LogP contribution in [-0.4, -0.2) is 42.3 Å². The average molecular weight is 294 g/mol. The second-order valence-corrected chi connectivity index (χ2v) is 6.32. The summed E-state index contributed by atoms with van der Waals surface area (Å²) in [7, 11) is 0. The van der Waals surface area contributed by atoms with Gasteiger partial charge in [-0.3, -0.25) is 4.90 Å². The van der Waals surface area contributed by atoms with Crippen LogP contribution in [0.1, 0.15) is 59.3 Å². The topological polar surface area (TPSA) is 15.3 Å². The zero-order valence-corrected chi connectivity index (χ0v) is 13.0. The van der Waals surface area contributed by atoms with Gasteiger partial charge in [-0.15, -0.1) is 0 Å². The van der Waals surface area contributed by atoms with Gasteiger partial charge in [-0.25, -0.2) is 0 Å². The highest BCUT2D eigenvalue weighted by Crippen LogP contribution is 2.29. The third kappa shape index (κ3) is 5.60. The van der Waals surface area contributed by atoms with Gasteiger partial charge in [0.25, 0.3) is 0 Å². The molecule has 0 spiro atoms. The molecule has 0 aliphatic carbocycles. The van der Waals surface area contributed by atoms with Crippen molar-refractivity contribution in [3.05, 3.63) is 0 Å². The molecule has 5 heteroatoms. The van der Waals surface area contributed by atoms with Gasteiger partial charge >= 0.3 is 6.18 Å². The standard InChI is InChI=1S/C15H29F3N2/c1-4-19-13(9-10-15(16,17)18)14(2,3)20-11-7-5-6-8-12-20/h13,19H,4-12H2,1-3H3. The molecule has 0 saturated carbocycles. The van der Waals surface area contributed by atoms with Crippen molar-refractivity contribution in [2.24, 2.45) is 0 Å². The molecule has 0 aromatic carbocycles. The number of rotatable bonds is 6. The molecular formula is C15H29F3N2. The first-order valence-corrected chi connectivity index (χ1v) is 7.82. The van der Waals surface area contributed by atoms with Crippen LogP contribution in [0.25, 0.3) is 0 Å². The Labute approximate surface area is 121 Å². The molecule has 1 unspecified atom stereocenters. The van der Waals surface area contributed by atoms with Gasteiger partial charge in [0.1, 0.15) is 0 Å². The molecule has 0 radical (unpaired) electrons. The molecule has 1 fully saturated rings. The predicted molar refractivity (Wildman–Crippen MR) is 76.9 cm³/mol. The maximum atomic E-state index is 12.5. The molecule has 0 amide bonds. The number of hydrogen-bond donors (Lipinski definition) is 1. The highest BCUT2D eigenvalue weighted by molar-refractivity contribution is 4.94. The minimum Gasteiger partial charge on any atom is -0.312 e. The Balaban J connectivity index is 2.70. The van der Waals surface area contributed by atoms with Crippen molar-refractivity contribution in [1.29, 1.82) is 0 Å². The Morgan fingerprint density at radius 2 is 1.60 bits per heavy atom. The fourth-order valence-electron chi connectivity index (χ4n) is 3.13. The van der Waals surface area contributed by atoms with Crippen molar-refractivity contribution in [3.8, 4) is 0 Å². The van der Waals surface area contributed by atoms with E-state index in [0.29, 0.717) is 6.54 Å². The average Bonchev–Trinajstić information content (AvgIpc) is 2.62. The molecule has 120 valence electrons. The van der Waals surface area contributed by atoms with E-state index in [1.54, 1.807) is 0 Å². The maximum absolute atomic E-state index is 12.5. The van der Waals surface area contributed by atoms with E-state index in [-0.39, 0.29) is 18.0 Å². The van der Waals surface area contributed by atoms with E-state index in [1.165, 1.54) is 12.8 Å². The Kier molecular flexibility index (Phi) is 6.79. The first kappa shape index (κ1) is 17.8. The van der Waals surface area contributed by atoms with Crippen LogP contribution in [0.3, 0.4) is 0 Å². The molecule has 1 atom stereocenters. The van der Waals surface area contributed by atoms with Crippen molar-refractivity contribution in [1.82, 2.24) is 10.2 Å². The van der Waals surface area contributed by atoms with E-state index >= 15 is 0 Å². The number of alkyl halides is 3. The molecule has 20 heavy (non-hydrogen) atoms. The van der Waals surface area contributed by atoms with Crippen LogP contribution in [0.15, 0.2) is 0 Å². The van der Waals surface area contributed by atoms with E-state index in [0.717, 1.165) is 25.9 Å². The van der Waals surface area contributed by atoms with Crippen molar-refractivity contribution in [2.45, 2.75) is 77.1 Å². The lowest BCUT2D eigenvalue weighted by Gasteiger charge is -2.44. The summed E-state index contributed by atoms with van der Waals surface area (Å²) in [5.74, 6) is 0. The van der Waals surface area contributed by atoms with Gasteiger partial charge in [-0.05, 0) is 52.7 Å². The van der Waals surface area contributed by atoms with Gasteiger partial charge in [0.2, 0.25) is 0 Å². The Morgan fingerprint density at radius 1 is 1.05 bits per heavy atom. The molecule has 1 saturated heterocycles. The highest BCUT2D eigenvalue weighted by atomic mass is 19.4. The first-order valence-electron chi connectivity index (χ1n) is 7.82. The van der Waals surface area contributed by atoms with Crippen LogP contribution in [0.2, 0.25) is 0 Å². The van der Waals surface area contributed by atoms with Gasteiger partial charge in [0, 0.05) is 18.0 Å². The van der Waals surface area contributed by atoms with Gasteiger partial charge < -0.3 is 5.32 Å². The summed E-state index contributed by atoms with van der Waals surface area (Å²) in [4.78, 5) is 2.38. The smallest absolute Gasteiger partial charge is 0.312 e. The molecular weight excluding hydrogens is 265 g/mol. The van der Waals surface area contributed by atoms with E-state index < -0.39 is 12.6 Å². The Morgan fingerprint density at radius 3 is 2.05 bits per heavy atom. The van der Waals surface area contributed by atoms with Crippen LogP contribution in [0.5, 0.6) is 0 Å². The third-order valence-corrected chi connectivity index (χ3v) is 4.44. The maximum Gasteiger partial charge on any atom is 0.389 e. The third-order valence-electron chi connectivity index (χ3n) is 4.44. The van der Waals surface area contributed by atoms with E-state index in [4.69, 9.17) is 0 Å².